The van der Waals surface area contributed by atoms with E-state index < -0.39 is 5.97 Å². The third-order valence-corrected chi connectivity index (χ3v) is 5.08. The molecule has 0 aliphatic rings. The van der Waals surface area contributed by atoms with Crippen LogP contribution in [0.3, 0.4) is 0 Å². The second kappa shape index (κ2) is 9.29. The van der Waals surface area contributed by atoms with Crippen molar-refractivity contribution in [3.63, 3.8) is 0 Å². The summed E-state index contributed by atoms with van der Waals surface area (Å²) in [6, 6.07) is 13.0. The van der Waals surface area contributed by atoms with Crippen molar-refractivity contribution in [3.8, 4) is 5.75 Å². The monoisotopic (exact) mass is 411 g/mol. The molecule has 0 bridgehead atoms. The molecule has 3 rings (SSSR count). The second-order valence-corrected chi connectivity index (χ2v) is 7.67. The van der Waals surface area contributed by atoms with Crippen LogP contribution in [0, 0.1) is 13.8 Å². The standard InChI is InChI=1S/C21H21N3O4S/c1-13-3-9-17(14(2)11-13)28-12-18-23-24-21(29-18)20(27)22-16-7-4-15(5-8-16)6-10-19(25)26/h3-5,7-9,11H,6,10,12H2,1-2H3,(H,22,27)(H,25,26). The molecule has 8 heteroatoms. The van der Waals surface area contributed by atoms with Crippen LogP contribution in [0.1, 0.15) is 37.9 Å². The maximum Gasteiger partial charge on any atom is 0.303 e. The van der Waals surface area contributed by atoms with E-state index in [0.29, 0.717) is 17.1 Å². The van der Waals surface area contributed by atoms with Gasteiger partial charge in [-0.3, -0.25) is 9.59 Å². The van der Waals surface area contributed by atoms with E-state index in [1.165, 1.54) is 16.9 Å². The quantitative estimate of drug-likeness (QED) is 0.581. The van der Waals surface area contributed by atoms with Crippen LogP contribution in [-0.2, 0) is 17.8 Å². The fourth-order valence-electron chi connectivity index (χ4n) is 2.70. The maximum absolute atomic E-state index is 12.4. The molecule has 150 valence electrons. The average molecular weight is 411 g/mol. The van der Waals surface area contributed by atoms with Crippen molar-refractivity contribution >= 4 is 28.9 Å². The van der Waals surface area contributed by atoms with Crippen molar-refractivity contribution in [2.24, 2.45) is 0 Å². The molecule has 2 N–H and O–H groups in total. The number of aromatic nitrogens is 2. The number of hydrogen-bond acceptors (Lipinski definition) is 6. The van der Waals surface area contributed by atoms with Crippen LogP contribution >= 0.6 is 11.3 Å². The summed E-state index contributed by atoms with van der Waals surface area (Å²) in [6.45, 7) is 4.25. The van der Waals surface area contributed by atoms with E-state index in [1.54, 1.807) is 24.3 Å². The summed E-state index contributed by atoms with van der Waals surface area (Å²) in [5.41, 5.74) is 3.71. The number of anilines is 1. The molecule has 1 aromatic heterocycles. The summed E-state index contributed by atoms with van der Waals surface area (Å²) in [4.78, 5) is 23.0. The Bertz CT molecular complexity index is 1020. The molecular formula is C21H21N3O4S. The number of benzene rings is 2. The highest BCUT2D eigenvalue weighted by Crippen LogP contribution is 2.21. The van der Waals surface area contributed by atoms with Crippen LogP contribution in [0.5, 0.6) is 5.75 Å². The summed E-state index contributed by atoms with van der Waals surface area (Å²) in [6.07, 6.45) is 0.521. The zero-order chi connectivity index (χ0) is 20.8. The largest absolute Gasteiger partial charge is 0.486 e. The van der Waals surface area contributed by atoms with Gasteiger partial charge in [0.25, 0.3) is 5.91 Å². The number of aliphatic carboxylic acids is 1. The molecule has 0 atom stereocenters. The third-order valence-electron chi connectivity index (χ3n) is 4.18. The van der Waals surface area contributed by atoms with Gasteiger partial charge in [-0.25, -0.2) is 0 Å². The maximum atomic E-state index is 12.4. The van der Waals surface area contributed by atoms with E-state index in [9.17, 15) is 9.59 Å². The van der Waals surface area contributed by atoms with Crippen molar-refractivity contribution in [3.05, 3.63) is 69.2 Å². The van der Waals surface area contributed by atoms with E-state index in [2.05, 4.69) is 15.5 Å². The number of carboxylic acids is 1. The molecule has 0 saturated heterocycles. The van der Waals surface area contributed by atoms with Crippen LogP contribution in [-0.4, -0.2) is 27.2 Å². The fraction of sp³-hybridized carbons (Fsp3) is 0.238. The predicted octanol–water partition coefficient (Wildman–Crippen LogP) is 4.00. The Hall–Kier alpha value is -3.26. The number of carbonyl (C=O) groups is 2. The molecule has 0 radical (unpaired) electrons. The summed E-state index contributed by atoms with van der Waals surface area (Å²) >= 11 is 1.18. The minimum absolute atomic E-state index is 0.0729. The SMILES string of the molecule is Cc1ccc(OCc2nnc(C(=O)Nc3ccc(CCC(=O)O)cc3)s2)c(C)c1. The summed E-state index contributed by atoms with van der Waals surface area (Å²) in [5.74, 6) is -0.408. The Morgan fingerprint density at radius 1 is 1.10 bits per heavy atom. The highest BCUT2D eigenvalue weighted by atomic mass is 32.1. The first kappa shape index (κ1) is 20.5. The molecule has 1 amide bonds. The number of carbonyl (C=O) groups excluding carboxylic acids is 1. The van der Waals surface area contributed by atoms with Crippen LogP contribution in [0.25, 0.3) is 0 Å². The zero-order valence-electron chi connectivity index (χ0n) is 16.1. The minimum Gasteiger partial charge on any atom is -0.486 e. The number of rotatable bonds is 8. The Kier molecular flexibility index (Phi) is 6.56. The van der Waals surface area contributed by atoms with Gasteiger partial charge in [-0.05, 0) is 49.6 Å². The smallest absolute Gasteiger partial charge is 0.303 e. The van der Waals surface area contributed by atoms with Crippen molar-refractivity contribution in [2.75, 3.05) is 5.32 Å². The Labute approximate surface area is 172 Å². The third kappa shape index (κ3) is 5.86. The van der Waals surface area contributed by atoms with Gasteiger partial charge in [-0.2, -0.15) is 0 Å². The van der Waals surface area contributed by atoms with Crippen LogP contribution in [0.2, 0.25) is 0 Å². The Morgan fingerprint density at radius 3 is 2.55 bits per heavy atom. The van der Waals surface area contributed by atoms with Crippen LogP contribution in [0.15, 0.2) is 42.5 Å². The van der Waals surface area contributed by atoms with E-state index in [-0.39, 0.29) is 23.9 Å². The van der Waals surface area contributed by atoms with Crippen molar-refractivity contribution in [1.82, 2.24) is 10.2 Å². The Balaban J connectivity index is 1.55. The van der Waals surface area contributed by atoms with Gasteiger partial charge in [-0.15, -0.1) is 10.2 Å². The lowest BCUT2D eigenvalue weighted by Gasteiger charge is -2.07. The minimum atomic E-state index is -0.837. The van der Waals surface area contributed by atoms with Crippen molar-refractivity contribution in [2.45, 2.75) is 33.3 Å². The number of ether oxygens (including phenoxy) is 1. The lowest BCUT2D eigenvalue weighted by molar-refractivity contribution is -0.136. The second-order valence-electron chi connectivity index (χ2n) is 6.60. The van der Waals surface area contributed by atoms with Gasteiger partial charge in [0, 0.05) is 12.1 Å². The highest BCUT2D eigenvalue weighted by molar-refractivity contribution is 7.13. The van der Waals surface area contributed by atoms with E-state index in [1.807, 2.05) is 32.0 Å². The van der Waals surface area contributed by atoms with Crippen LogP contribution < -0.4 is 10.1 Å². The molecule has 3 aromatic rings. The molecular weight excluding hydrogens is 390 g/mol. The van der Waals surface area contributed by atoms with E-state index in [0.717, 1.165) is 16.9 Å². The fourth-order valence-corrected chi connectivity index (χ4v) is 3.34. The molecule has 0 saturated carbocycles. The zero-order valence-corrected chi connectivity index (χ0v) is 17.0. The molecule has 29 heavy (non-hydrogen) atoms. The molecule has 1 heterocycles. The number of amides is 1. The Morgan fingerprint density at radius 2 is 1.86 bits per heavy atom. The summed E-state index contributed by atoms with van der Waals surface area (Å²) < 4.78 is 5.78. The molecule has 0 aliphatic heterocycles. The van der Waals surface area contributed by atoms with Crippen molar-refractivity contribution in [1.29, 1.82) is 0 Å². The molecule has 0 aliphatic carbocycles. The van der Waals surface area contributed by atoms with E-state index >= 15 is 0 Å². The first-order valence-electron chi connectivity index (χ1n) is 9.05. The van der Waals surface area contributed by atoms with Crippen molar-refractivity contribution < 1.29 is 19.4 Å². The number of carboxylic acid groups (broad SMARTS) is 1. The average Bonchev–Trinajstić information content (AvgIpc) is 3.16. The van der Waals surface area contributed by atoms with Gasteiger partial charge in [-0.1, -0.05) is 41.2 Å². The van der Waals surface area contributed by atoms with Gasteiger partial charge >= 0.3 is 5.97 Å². The molecule has 0 spiro atoms. The van der Waals surface area contributed by atoms with Gasteiger partial charge < -0.3 is 15.2 Å². The lowest BCUT2D eigenvalue weighted by atomic mass is 10.1. The number of nitrogens with one attached hydrogen (secondary N) is 1. The van der Waals surface area contributed by atoms with E-state index in [4.69, 9.17) is 9.84 Å². The number of hydrogen-bond donors (Lipinski definition) is 2. The summed E-state index contributed by atoms with van der Waals surface area (Å²) in [5, 5.41) is 20.3. The highest BCUT2D eigenvalue weighted by Gasteiger charge is 2.14. The molecule has 2 aromatic carbocycles. The molecule has 7 nitrogen and oxygen atoms in total. The van der Waals surface area contributed by atoms with Gasteiger partial charge in [0.05, 0.1) is 0 Å². The molecule has 0 fully saturated rings. The number of nitrogens with zero attached hydrogens (tertiary/aromatic N) is 2. The molecule has 0 unspecified atom stereocenters. The normalized spacial score (nSPS) is 10.6. The lowest BCUT2D eigenvalue weighted by Crippen LogP contribution is -2.11. The number of aryl methyl sites for hydroxylation is 3. The first-order chi connectivity index (χ1) is 13.9. The van der Waals surface area contributed by atoms with Gasteiger partial charge in [0.2, 0.25) is 5.01 Å². The first-order valence-corrected chi connectivity index (χ1v) is 9.87. The topological polar surface area (TPSA) is 101 Å². The van der Waals surface area contributed by atoms with Crippen LogP contribution in [0.4, 0.5) is 5.69 Å². The predicted molar refractivity (Wildman–Crippen MR) is 111 cm³/mol. The summed E-state index contributed by atoms with van der Waals surface area (Å²) in [7, 11) is 0. The van der Waals surface area contributed by atoms with Gasteiger partial charge in [0.15, 0.2) is 5.01 Å². The van der Waals surface area contributed by atoms with Gasteiger partial charge in [0.1, 0.15) is 12.4 Å².